The quantitative estimate of drug-likeness (QED) is 0.678. The van der Waals surface area contributed by atoms with Crippen LogP contribution >= 0.6 is 0 Å². The molecule has 0 radical (unpaired) electrons. The van der Waals surface area contributed by atoms with Crippen LogP contribution in [-0.2, 0) is 0 Å². The Morgan fingerprint density at radius 2 is 1.41 bits per heavy atom. The highest BCUT2D eigenvalue weighted by Crippen LogP contribution is 2.31. The molecule has 0 amide bonds. The summed E-state index contributed by atoms with van der Waals surface area (Å²) in [6, 6.07) is 1.14. The fourth-order valence-corrected chi connectivity index (χ4v) is 3.55. The van der Waals surface area contributed by atoms with Crippen molar-refractivity contribution in [2.24, 2.45) is 5.92 Å². The molecule has 2 aliphatic heterocycles. The highest BCUT2D eigenvalue weighted by atomic mass is 16.5. The maximum Gasteiger partial charge on any atom is 0.165 e. The number of piperidine rings is 2. The molecular formula is C13H26N2O2. The molecule has 100 valence electrons. The Kier molecular flexibility index (Phi) is 3.78. The molecule has 0 bridgehead atoms. The zero-order valence-corrected chi connectivity index (χ0v) is 11.3. The summed E-state index contributed by atoms with van der Waals surface area (Å²) in [7, 11) is 0. The van der Waals surface area contributed by atoms with Gasteiger partial charge >= 0.3 is 0 Å². The zero-order valence-electron chi connectivity index (χ0n) is 11.3. The minimum Gasteiger partial charge on any atom is -0.366 e. The van der Waals surface area contributed by atoms with Gasteiger partial charge in [0.15, 0.2) is 5.79 Å². The molecule has 2 N–H and O–H groups in total. The fourth-order valence-electron chi connectivity index (χ4n) is 3.55. The van der Waals surface area contributed by atoms with Gasteiger partial charge in [-0.25, -0.2) is 10.0 Å². The van der Waals surface area contributed by atoms with Gasteiger partial charge in [0.25, 0.3) is 0 Å². The average molecular weight is 242 g/mol. The van der Waals surface area contributed by atoms with Crippen LogP contribution < -0.4 is 0 Å². The van der Waals surface area contributed by atoms with E-state index in [1.165, 1.54) is 12.8 Å². The fraction of sp³-hybridized carbons (Fsp3) is 1.00. The zero-order chi connectivity index (χ0) is 12.6. The Morgan fingerprint density at radius 3 is 1.88 bits per heavy atom. The molecule has 0 aromatic carbocycles. The predicted molar refractivity (Wildman–Crippen MR) is 67.1 cm³/mol. The summed E-state index contributed by atoms with van der Waals surface area (Å²) >= 11 is 0. The van der Waals surface area contributed by atoms with E-state index in [4.69, 9.17) is 0 Å². The third-order valence-electron chi connectivity index (χ3n) is 4.26. The second kappa shape index (κ2) is 4.84. The number of hydrogen-bond donors (Lipinski definition) is 2. The molecule has 2 atom stereocenters. The minimum atomic E-state index is -1.44. The standard InChI is InChI=1S/C13H26N2O2/c1-10-8-11(2)15(12(3)9-10)14-6-4-13(16,17)5-7-14/h10-12,16-17H,4-9H2,1-3H3. The third-order valence-corrected chi connectivity index (χ3v) is 4.26. The van der Waals surface area contributed by atoms with E-state index < -0.39 is 5.79 Å². The summed E-state index contributed by atoms with van der Waals surface area (Å²) in [5, 5.41) is 23.9. The largest absolute Gasteiger partial charge is 0.366 e. The van der Waals surface area contributed by atoms with Crippen molar-refractivity contribution in [3.63, 3.8) is 0 Å². The molecule has 2 saturated heterocycles. The Hall–Kier alpha value is -0.160. The van der Waals surface area contributed by atoms with Crippen LogP contribution in [0, 0.1) is 5.92 Å². The van der Waals surface area contributed by atoms with Gasteiger partial charge in [-0.05, 0) is 32.6 Å². The van der Waals surface area contributed by atoms with E-state index in [-0.39, 0.29) is 0 Å². The van der Waals surface area contributed by atoms with Crippen LogP contribution in [-0.4, -0.2) is 51.2 Å². The lowest BCUT2D eigenvalue weighted by molar-refractivity contribution is -0.223. The van der Waals surface area contributed by atoms with Gasteiger partial charge in [0.2, 0.25) is 0 Å². The first-order valence-electron chi connectivity index (χ1n) is 6.87. The second-order valence-corrected chi connectivity index (χ2v) is 6.09. The van der Waals surface area contributed by atoms with E-state index in [1.807, 2.05) is 0 Å². The van der Waals surface area contributed by atoms with Crippen molar-refractivity contribution in [3.8, 4) is 0 Å². The summed E-state index contributed by atoms with van der Waals surface area (Å²) < 4.78 is 0. The van der Waals surface area contributed by atoms with Crippen LogP contribution in [0.2, 0.25) is 0 Å². The van der Waals surface area contributed by atoms with Crippen LogP contribution in [0.1, 0.15) is 46.5 Å². The van der Waals surface area contributed by atoms with E-state index in [0.29, 0.717) is 24.9 Å². The van der Waals surface area contributed by atoms with Gasteiger partial charge in [-0.1, -0.05) is 6.92 Å². The molecule has 0 aromatic heterocycles. The van der Waals surface area contributed by atoms with Crippen molar-refractivity contribution in [1.29, 1.82) is 0 Å². The van der Waals surface area contributed by atoms with Crippen LogP contribution in [0.3, 0.4) is 0 Å². The van der Waals surface area contributed by atoms with Gasteiger partial charge in [-0.2, -0.15) is 0 Å². The lowest BCUT2D eigenvalue weighted by atomic mass is 9.89. The van der Waals surface area contributed by atoms with E-state index in [0.717, 1.165) is 19.0 Å². The van der Waals surface area contributed by atoms with E-state index in [1.54, 1.807) is 0 Å². The summed E-state index contributed by atoms with van der Waals surface area (Å²) in [6.07, 6.45) is 3.39. The molecule has 2 heterocycles. The Morgan fingerprint density at radius 1 is 0.941 bits per heavy atom. The van der Waals surface area contributed by atoms with Gasteiger partial charge in [0.05, 0.1) is 0 Å². The van der Waals surface area contributed by atoms with Crippen molar-refractivity contribution in [3.05, 3.63) is 0 Å². The highest BCUT2D eigenvalue weighted by Gasteiger charge is 2.37. The normalized spacial score (nSPS) is 40.4. The van der Waals surface area contributed by atoms with Crippen molar-refractivity contribution < 1.29 is 10.2 Å². The molecule has 17 heavy (non-hydrogen) atoms. The summed E-state index contributed by atoms with van der Waals surface area (Å²) in [6.45, 7) is 8.41. The number of hydrogen-bond acceptors (Lipinski definition) is 4. The minimum absolute atomic E-state index is 0.457. The molecule has 0 spiro atoms. The van der Waals surface area contributed by atoms with Crippen molar-refractivity contribution >= 4 is 0 Å². The molecule has 2 unspecified atom stereocenters. The monoisotopic (exact) mass is 242 g/mol. The number of nitrogens with zero attached hydrogens (tertiary/aromatic N) is 2. The molecule has 0 saturated carbocycles. The Balaban J connectivity index is 1.97. The van der Waals surface area contributed by atoms with Gasteiger partial charge in [-0.3, -0.25) is 0 Å². The average Bonchev–Trinajstić information content (AvgIpc) is 2.19. The van der Waals surface area contributed by atoms with Gasteiger partial charge < -0.3 is 10.2 Å². The topological polar surface area (TPSA) is 46.9 Å². The maximum absolute atomic E-state index is 9.57. The molecule has 0 aliphatic carbocycles. The number of hydrazine groups is 1. The Labute approximate surface area is 104 Å². The van der Waals surface area contributed by atoms with Crippen LogP contribution in [0.5, 0.6) is 0 Å². The first kappa shape index (κ1) is 13.3. The lowest BCUT2D eigenvalue weighted by Crippen LogP contribution is -2.59. The van der Waals surface area contributed by atoms with Crippen LogP contribution in [0.15, 0.2) is 0 Å². The van der Waals surface area contributed by atoms with Crippen molar-refractivity contribution in [2.75, 3.05) is 13.1 Å². The molecular weight excluding hydrogens is 216 g/mol. The van der Waals surface area contributed by atoms with Crippen molar-refractivity contribution in [1.82, 2.24) is 10.0 Å². The maximum atomic E-state index is 9.57. The number of rotatable bonds is 1. The predicted octanol–water partition coefficient (Wildman–Crippen LogP) is 1.19. The molecule has 2 fully saturated rings. The van der Waals surface area contributed by atoms with Gasteiger partial charge in [0.1, 0.15) is 0 Å². The molecule has 4 nitrogen and oxygen atoms in total. The molecule has 2 rings (SSSR count). The number of aliphatic hydroxyl groups is 2. The first-order chi connectivity index (χ1) is 7.89. The summed E-state index contributed by atoms with van der Waals surface area (Å²) in [5.41, 5.74) is 0. The smallest absolute Gasteiger partial charge is 0.165 e. The van der Waals surface area contributed by atoms with E-state index >= 15 is 0 Å². The van der Waals surface area contributed by atoms with Gasteiger partial charge in [-0.15, -0.1) is 0 Å². The van der Waals surface area contributed by atoms with E-state index in [2.05, 4.69) is 30.8 Å². The Bertz CT molecular complexity index is 248. The third kappa shape index (κ3) is 2.99. The van der Waals surface area contributed by atoms with Gasteiger partial charge in [0, 0.05) is 38.0 Å². The summed E-state index contributed by atoms with van der Waals surface area (Å²) in [5.74, 6) is -0.637. The van der Waals surface area contributed by atoms with E-state index in [9.17, 15) is 10.2 Å². The first-order valence-corrected chi connectivity index (χ1v) is 6.87. The van der Waals surface area contributed by atoms with Crippen LogP contribution in [0.4, 0.5) is 0 Å². The highest BCUT2D eigenvalue weighted by molar-refractivity contribution is 4.84. The summed E-state index contributed by atoms with van der Waals surface area (Å²) in [4.78, 5) is 0. The SMILES string of the molecule is CC1CC(C)N(N2CCC(O)(O)CC2)C(C)C1. The molecule has 4 heteroatoms. The molecule has 2 aliphatic rings. The second-order valence-electron chi connectivity index (χ2n) is 6.09. The van der Waals surface area contributed by atoms with Crippen LogP contribution in [0.25, 0.3) is 0 Å². The lowest BCUT2D eigenvalue weighted by Gasteiger charge is -2.50. The molecule has 0 aromatic rings. The van der Waals surface area contributed by atoms with Crippen molar-refractivity contribution in [2.45, 2.75) is 64.3 Å².